The molecule has 0 N–H and O–H groups in total. The Hall–Kier alpha value is -1.70. The number of sulfonamides is 1. The van der Waals surface area contributed by atoms with Crippen molar-refractivity contribution in [2.75, 3.05) is 26.2 Å². The number of carbonyl (C=O) groups is 1. The first-order valence-corrected chi connectivity index (χ1v) is 10.9. The van der Waals surface area contributed by atoms with Crippen LogP contribution in [0.15, 0.2) is 46.0 Å². The Morgan fingerprint density at radius 3 is 2.12 bits per heavy atom. The number of piperazine rings is 1. The fourth-order valence-electron chi connectivity index (χ4n) is 2.96. The molecule has 1 fully saturated rings. The van der Waals surface area contributed by atoms with Crippen LogP contribution in [-0.2, 0) is 15.4 Å². The maximum absolute atomic E-state index is 12.7. The van der Waals surface area contributed by atoms with Crippen molar-refractivity contribution >= 4 is 27.3 Å². The van der Waals surface area contributed by atoms with Gasteiger partial charge in [-0.2, -0.15) is 4.31 Å². The summed E-state index contributed by atoms with van der Waals surface area (Å²) in [5.41, 5.74) is 1.87. The van der Waals surface area contributed by atoms with Crippen molar-refractivity contribution in [1.82, 2.24) is 9.21 Å². The first-order valence-electron chi connectivity index (χ1n) is 8.63. The molecule has 140 valence electrons. The molecule has 1 amide bonds. The summed E-state index contributed by atoms with van der Waals surface area (Å²) in [6.45, 7) is 7.87. The molecular formula is C19H24N2O3S2. The highest BCUT2D eigenvalue weighted by Crippen LogP contribution is 2.24. The molecule has 0 spiro atoms. The van der Waals surface area contributed by atoms with E-state index in [4.69, 9.17) is 0 Å². The van der Waals surface area contributed by atoms with Crippen molar-refractivity contribution in [3.05, 3.63) is 52.9 Å². The van der Waals surface area contributed by atoms with Gasteiger partial charge in [0.1, 0.15) is 4.21 Å². The van der Waals surface area contributed by atoms with Crippen molar-refractivity contribution in [1.29, 1.82) is 0 Å². The average molecular weight is 393 g/mol. The molecule has 2 heterocycles. The van der Waals surface area contributed by atoms with Gasteiger partial charge in [-0.25, -0.2) is 8.42 Å². The standard InChI is InChI=1S/C19H24N2O3S2/c1-19(2,3)16-8-6-15(7-9-16)18(22)20-10-12-21(13-11-20)26(23,24)17-5-4-14-25-17/h4-9,14H,10-13H2,1-3H3. The van der Waals surface area contributed by atoms with Crippen molar-refractivity contribution in [3.63, 3.8) is 0 Å². The lowest BCUT2D eigenvalue weighted by Crippen LogP contribution is -2.50. The molecule has 1 saturated heterocycles. The van der Waals surface area contributed by atoms with Crippen LogP contribution in [-0.4, -0.2) is 49.7 Å². The second kappa shape index (κ2) is 7.13. The fraction of sp³-hybridized carbons (Fsp3) is 0.421. The molecular weight excluding hydrogens is 368 g/mol. The van der Waals surface area contributed by atoms with Gasteiger partial charge >= 0.3 is 0 Å². The van der Waals surface area contributed by atoms with Gasteiger partial charge in [-0.1, -0.05) is 39.0 Å². The van der Waals surface area contributed by atoms with E-state index < -0.39 is 10.0 Å². The molecule has 5 nitrogen and oxygen atoms in total. The zero-order valence-electron chi connectivity index (χ0n) is 15.3. The Morgan fingerprint density at radius 2 is 1.62 bits per heavy atom. The predicted molar refractivity (Wildman–Crippen MR) is 104 cm³/mol. The highest BCUT2D eigenvalue weighted by atomic mass is 32.2. The van der Waals surface area contributed by atoms with E-state index in [-0.39, 0.29) is 11.3 Å². The minimum absolute atomic E-state index is 0.0429. The SMILES string of the molecule is CC(C)(C)c1ccc(C(=O)N2CCN(S(=O)(=O)c3cccs3)CC2)cc1. The molecule has 1 aliphatic heterocycles. The molecule has 0 unspecified atom stereocenters. The van der Waals surface area contributed by atoms with Crippen LogP contribution in [0, 0.1) is 0 Å². The monoisotopic (exact) mass is 392 g/mol. The van der Waals surface area contributed by atoms with E-state index in [2.05, 4.69) is 20.8 Å². The van der Waals surface area contributed by atoms with Crippen molar-refractivity contribution in [2.45, 2.75) is 30.4 Å². The van der Waals surface area contributed by atoms with E-state index in [1.165, 1.54) is 21.2 Å². The van der Waals surface area contributed by atoms with Crippen LogP contribution in [0.3, 0.4) is 0 Å². The molecule has 1 aromatic heterocycles. The number of amides is 1. The zero-order valence-corrected chi connectivity index (χ0v) is 16.9. The Balaban J connectivity index is 1.65. The second-order valence-corrected chi connectivity index (χ2v) is 10.6. The van der Waals surface area contributed by atoms with E-state index in [1.807, 2.05) is 24.3 Å². The third kappa shape index (κ3) is 3.84. The highest BCUT2D eigenvalue weighted by Gasteiger charge is 2.31. The van der Waals surface area contributed by atoms with Gasteiger partial charge in [0.15, 0.2) is 0 Å². The van der Waals surface area contributed by atoms with Crippen LogP contribution >= 0.6 is 11.3 Å². The first kappa shape index (κ1) is 19.1. The Kier molecular flexibility index (Phi) is 5.23. The van der Waals surface area contributed by atoms with Gasteiger partial charge in [0.25, 0.3) is 15.9 Å². The van der Waals surface area contributed by atoms with Crippen molar-refractivity contribution in [2.24, 2.45) is 0 Å². The summed E-state index contributed by atoms with van der Waals surface area (Å²) in [4.78, 5) is 14.4. The summed E-state index contributed by atoms with van der Waals surface area (Å²) in [5, 5.41) is 1.76. The lowest BCUT2D eigenvalue weighted by Gasteiger charge is -2.33. The second-order valence-electron chi connectivity index (χ2n) is 7.46. The Morgan fingerprint density at radius 1 is 1.00 bits per heavy atom. The molecule has 2 aromatic rings. The average Bonchev–Trinajstić information content (AvgIpc) is 3.16. The third-order valence-electron chi connectivity index (χ3n) is 4.61. The van der Waals surface area contributed by atoms with Crippen molar-refractivity contribution < 1.29 is 13.2 Å². The van der Waals surface area contributed by atoms with Gasteiger partial charge in [0.05, 0.1) is 0 Å². The number of hydrogen-bond acceptors (Lipinski definition) is 4. The molecule has 0 bridgehead atoms. The number of rotatable bonds is 3. The van der Waals surface area contributed by atoms with Crippen LogP contribution < -0.4 is 0 Å². The third-order valence-corrected chi connectivity index (χ3v) is 7.88. The predicted octanol–water partition coefficient (Wildman–Crippen LogP) is 3.19. The number of hydrogen-bond donors (Lipinski definition) is 0. The summed E-state index contributed by atoms with van der Waals surface area (Å²) in [7, 11) is -3.44. The maximum Gasteiger partial charge on any atom is 0.253 e. The van der Waals surface area contributed by atoms with E-state index in [9.17, 15) is 13.2 Å². The molecule has 7 heteroatoms. The molecule has 26 heavy (non-hydrogen) atoms. The summed E-state index contributed by atoms with van der Waals surface area (Å²) in [5.74, 6) is -0.0429. The highest BCUT2D eigenvalue weighted by molar-refractivity contribution is 7.91. The van der Waals surface area contributed by atoms with Gasteiger partial charge in [-0.15, -0.1) is 11.3 Å². The Labute approximate surface area is 159 Å². The lowest BCUT2D eigenvalue weighted by molar-refractivity contribution is 0.0698. The van der Waals surface area contributed by atoms with Gasteiger partial charge < -0.3 is 4.90 Å². The van der Waals surface area contributed by atoms with E-state index in [1.54, 1.807) is 22.4 Å². The fourth-order valence-corrected chi connectivity index (χ4v) is 5.53. The molecule has 0 atom stereocenters. The number of nitrogens with zero attached hydrogens (tertiary/aromatic N) is 2. The summed E-state index contributed by atoms with van der Waals surface area (Å²) >= 11 is 1.22. The summed E-state index contributed by atoms with van der Waals surface area (Å²) in [6.07, 6.45) is 0. The van der Waals surface area contributed by atoms with Gasteiger partial charge in [0.2, 0.25) is 0 Å². The van der Waals surface area contributed by atoms with Crippen LogP contribution in [0.25, 0.3) is 0 Å². The molecule has 0 saturated carbocycles. The van der Waals surface area contributed by atoms with Crippen LogP contribution in [0.1, 0.15) is 36.7 Å². The molecule has 0 radical (unpaired) electrons. The maximum atomic E-state index is 12.7. The molecule has 0 aliphatic carbocycles. The van der Waals surface area contributed by atoms with Crippen LogP contribution in [0.5, 0.6) is 0 Å². The smallest absolute Gasteiger partial charge is 0.253 e. The Bertz CT molecular complexity index is 859. The van der Waals surface area contributed by atoms with E-state index >= 15 is 0 Å². The normalized spacial score (nSPS) is 16.7. The minimum atomic E-state index is -3.44. The minimum Gasteiger partial charge on any atom is -0.336 e. The number of thiophene rings is 1. The zero-order chi connectivity index (χ0) is 18.9. The largest absolute Gasteiger partial charge is 0.336 e. The summed E-state index contributed by atoms with van der Waals surface area (Å²) < 4.78 is 26.9. The number of carbonyl (C=O) groups excluding carboxylic acids is 1. The molecule has 1 aliphatic rings. The lowest BCUT2D eigenvalue weighted by atomic mass is 9.86. The van der Waals surface area contributed by atoms with E-state index in [0.717, 1.165) is 0 Å². The van der Waals surface area contributed by atoms with Crippen LogP contribution in [0.2, 0.25) is 0 Å². The molecule has 3 rings (SSSR count). The quantitative estimate of drug-likeness (QED) is 0.806. The van der Waals surface area contributed by atoms with Gasteiger partial charge in [-0.3, -0.25) is 4.79 Å². The van der Waals surface area contributed by atoms with Gasteiger partial charge in [0, 0.05) is 31.7 Å². The van der Waals surface area contributed by atoms with E-state index in [0.29, 0.717) is 36.0 Å². The molecule has 1 aromatic carbocycles. The number of benzene rings is 1. The van der Waals surface area contributed by atoms with Gasteiger partial charge in [-0.05, 0) is 34.6 Å². The summed E-state index contributed by atoms with van der Waals surface area (Å²) in [6, 6.07) is 11.1. The topological polar surface area (TPSA) is 57.7 Å². The van der Waals surface area contributed by atoms with Crippen molar-refractivity contribution in [3.8, 4) is 0 Å². The van der Waals surface area contributed by atoms with Crippen LogP contribution in [0.4, 0.5) is 0 Å². The first-order chi connectivity index (χ1) is 12.2.